The van der Waals surface area contributed by atoms with Crippen LogP contribution in [-0.2, 0) is 11.2 Å². The molecule has 0 saturated carbocycles. The molecular weight excluding hydrogens is 276 g/mol. The average Bonchev–Trinajstić information content (AvgIpc) is 2.86. The largest absolute Gasteiger partial charge is 0.504 e. The number of carbonyl (C=O) groups is 1. The smallest absolute Gasteiger partial charge is 0.303 e. The number of aromatic nitrogens is 2. The molecule has 0 aliphatic heterocycles. The SMILES string of the molecule is COc1ccc(-c2nnc(CC(C)CC(=O)O)o2)cc1O. The van der Waals surface area contributed by atoms with Crippen molar-refractivity contribution in [2.75, 3.05) is 7.11 Å². The van der Waals surface area contributed by atoms with Gasteiger partial charge in [0, 0.05) is 18.4 Å². The minimum Gasteiger partial charge on any atom is -0.504 e. The molecule has 1 heterocycles. The fourth-order valence-electron chi connectivity index (χ4n) is 1.94. The summed E-state index contributed by atoms with van der Waals surface area (Å²) in [5.41, 5.74) is 0.568. The van der Waals surface area contributed by atoms with E-state index in [1.165, 1.54) is 13.2 Å². The molecule has 0 spiro atoms. The van der Waals surface area contributed by atoms with Gasteiger partial charge in [-0.2, -0.15) is 0 Å². The van der Waals surface area contributed by atoms with Crippen LogP contribution in [0, 0.1) is 5.92 Å². The molecule has 1 unspecified atom stereocenters. The predicted octanol–water partition coefficient (Wildman–Crippen LogP) is 2.10. The third kappa shape index (κ3) is 3.71. The summed E-state index contributed by atoms with van der Waals surface area (Å²) >= 11 is 0. The van der Waals surface area contributed by atoms with Crippen molar-refractivity contribution >= 4 is 5.97 Å². The van der Waals surface area contributed by atoms with Gasteiger partial charge in [0.1, 0.15) is 0 Å². The Labute approximate surface area is 121 Å². The Bertz CT molecular complexity index is 638. The first-order chi connectivity index (χ1) is 9.99. The minimum absolute atomic E-state index is 0.0194. The molecule has 0 radical (unpaired) electrons. The number of methoxy groups -OCH3 is 1. The molecule has 0 saturated heterocycles. The van der Waals surface area contributed by atoms with Crippen molar-refractivity contribution in [3.63, 3.8) is 0 Å². The molecule has 0 fully saturated rings. The summed E-state index contributed by atoms with van der Waals surface area (Å²) in [7, 11) is 1.46. The molecule has 1 aromatic heterocycles. The molecular formula is C14H16N2O5. The number of nitrogens with zero attached hydrogens (tertiary/aromatic N) is 2. The highest BCUT2D eigenvalue weighted by Crippen LogP contribution is 2.30. The van der Waals surface area contributed by atoms with Crippen molar-refractivity contribution in [1.29, 1.82) is 0 Å². The van der Waals surface area contributed by atoms with E-state index in [1.54, 1.807) is 19.1 Å². The van der Waals surface area contributed by atoms with E-state index in [0.29, 0.717) is 23.6 Å². The summed E-state index contributed by atoms with van der Waals surface area (Å²) in [4.78, 5) is 10.6. The van der Waals surface area contributed by atoms with Gasteiger partial charge in [0.15, 0.2) is 11.5 Å². The van der Waals surface area contributed by atoms with E-state index in [0.717, 1.165) is 0 Å². The lowest BCUT2D eigenvalue weighted by molar-refractivity contribution is -0.137. The number of rotatable bonds is 6. The van der Waals surface area contributed by atoms with Crippen LogP contribution in [0.15, 0.2) is 22.6 Å². The van der Waals surface area contributed by atoms with Gasteiger partial charge in [-0.3, -0.25) is 4.79 Å². The number of aromatic hydroxyl groups is 1. The van der Waals surface area contributed by atoms with E-state index in [1.807, 2.05) is 0 Å². The summed E-state index contributed by atoms with van der Waals surface area (Å²) in [5, 5.41) is 26.2. The summed E-state index contributed by atoms with van der Waals surface area (Å²) in [6.07, 6.45) is 0.433. The highest BCUT2D eigenvalue weighted by molar-refractivity contribution is 5.67. The van der Waals surface area contributed by atoms with Gasteiger partial charge in [-0.05, 0) is 24.1 Å². The van der Waals surface area contributed by atoms with Crippen LogP contribution in [0.1, 0.15) is 19.2 Å². The zero-order chi connectivity index (χ0) is 15.4. The molecule has 7 nitrogen and oxygen atoms in total. The lowest BCUT2D eigenvalue weighted by Crippen LogP contribution is -2.07. The number of aliphatic carboxylic acids is 1. The number of phenolic OH excluding ortho intramolecular Hbond substituents is 1. The number of ether oxygens (including phenoxy) is 1. The highest BCUT2D eigenvalue weighted by atomic mass is 16.5. The fraction of sp³-hybridized carbons (Fsp3) is 0.357. The number of benzene rings is 1. The molecule has 2 N–H and O–H groups in total. The second-order valence-electron chi connectivity index (χ2n) is 4.79. The van der Waals surface area contributed by atoms with Crippen LogP contribution in [-0.4, -0.2) is 33.5 Å². The molecule has 7 heteroatoms. The number of hydrogen-bond donors (Lipinski definition) is 2. The zero-order valence-corrected chi connectivity index (χ0v) is 11.7. The third-order valence-corrected chi connectivity index (χ3v) is 2.94. The highest BCUT2D eigenvalue weighted by Gasteiger charge is 2.15. The molecule has 0 aliphatic rings. The summed E-state index contributed by atoms with van der Waals surface area (Å²) < 4.78 is 10.4. The molecule has 21 heavy (non-hydrogen) atoms. The van der Waals surface area contributed by atoms with Gasteiger partial charge in [-0.25, -0.2) is 0 Å². The van der Waals surface area contributed by atoms with E-state index >= 15 is 0 Å². The maximum absolute atomic E-state index is 10.6. The van der Waals surface area contributed by atoms with Crippen LogP contribution >= 0.6 is 0 Å². The van der Waals surface area contributed by atoms with Crippen LogP contribution < -0.4 is 4.74 Å². The van der Waals surface area contributed by atoms with Gasteiger partial charge in [0.2, 0.25) is 11.8 Å². The van der Waals surface area contributed by atoms with E-state index in [4.69, 9.17) is 14.3 Å². The predicted molar refractivity (Wildman–Crippen MR) is 73.1 cm³/mol. The number of hydrogen-bond acceptors (Lipinski definition) is 6. The normalized spacial score (nSPS) is 12.1. The Morgan fingerprint density at radius 1 is 1.43 bits per heavy atom. The molecule has 2 rings (SSSR count). The molecule has 0 amide bonds. The fourth-order valence-corrected chi connectivity index (χ4v) is 1.94. The van der Waals surface area contributed by atoms with Gasteiger partial charge in [0.05, 0.1) is 7.11 Å². The molecule has 0 bridgehead atoms. The Morgan fingerprint density at radius 3 is 2.81 bits per heavy atom. The zero-order valence-electron chi connectivity index (χ0n) is 11.7. The first-order valence-electron chi connectivity index (χ1n) is 6.41. The topological polar surface area (TPSA) is 106 Å². The lowest BCUT2D eigenvalue weighted by Gasteiger charge is -2.04. The molecule has 112 valence electrons. The first-order valence-corrected chi connectivity index (χ1v) is 6.41. The molecule has 1 aromatic carbocycles. The average molecular weight is 292 g/mol. The van der Waals surface area contributed by atoms with Crippen LogP contribution in [0.25, 0.3) is 11.5 Å². The molecule has 1 atom stereocenters. The maximum atomic E-state index is 10.6. The number of carboxylic acid groups (broad SMARTS) is 1. The van der Waals surface area contributed by atoms with E-state index < -0.39 is 5.97 Å². The second kappa shape index (κ2) is 6.25. The standard InChI is InChI=1S/C14H16N2O5/c1-8(6-13(18)19)5-12-15-16-14(21-12)9-3-4-11(20-2)10(17)7-9/h3-4,7-8,17H,5-6H2,1-2H3,(H,18,19). The Balaban J connectivity index is 2.12. The molecule has 0 aliphatic carbocycles. The number of phenols is 1. The Hall–Kier alpha value is -2.57. The summed E-state index contributed by atoms with van der Waals surface area (Å²) in [6.45, 7) is 1.80. The molecule has 2 aromatic rings. The number of carboxylic acids is 1. The van der Waals surface area contributed by atoms with Gasteiger partial charge in [0.25, 0.3) is 0 Å². The van der Waals surface area contributed by atoms with Crippen LogP contribution in [0.5, 0.6) is 11.5 Å². The van der Waals surface area contributed by atoms with Gasteiger partial charge >= 0.3 is 5.97 Å². The lowest BCUT2D eigenvalue weighted by atomic mass is 10.0. The van der Waals surface area contributed by atoms with Crippen LogP contribution in [0.4, 0.5) is 0 Å². The van der Waals surface area contributed by atoms with E-state index in [2.05, 4.69) is 10.2 Å². The Morgan fingerprint density at radius 2 is 2.19 bits per heavy atom. The van der Waals surface area contributed by atoms with Crippen molar-refractivity contribution in [1.82, 2.24) is 10.2 Å². The first kappa shape index (κ1) is 14.8. The van der Waals surface area contributed by atoms with Gasteiger partial charge in [-0.1, -0.05) is 6.92 Å². The minimum atomic E-state index is -0.859. The third-order valence-electron chi connectivity index (χ3n) is 2.94. The van der Waals surface area contributed by atoms with E-state index in [-0.39, 0.29) is 24.0 Å². The Kier molecular flexibility index (Phi) is 4.42. The van der Waals surface area contributed by atoms with Crippen LogP contribution in [0.2, 0.25) is 0 Å². The quantitative estimate of drug-likeness (QED) is 0.839. The van der Waals surface area contributed by atoms with E-state index in [9.17, 15) is 9.90 Å². The van der Waals surface area contributed by atoms with Crippen LogP contribution in [0.3, 0.4) is 0 Å². The van der Waals surface area contributed by atoms with Crippen molar-refractivity contribution in [3.05, 3.63) is 24.1 Å². The maximum Gasteiger partial charge on any atom is 0.303 e. The van der Waals surface area contributed by atoms with Crippen molar-refractivity contribution in [3.8, 4) is 23.0 Å². The summed E-state index contributed by atoms with van der Waals surface area (Å²) in [5.74, 6) is 0.0180. The van der Waals surface area contributed by atoms with Crippen molar-refractivity contribution in [2.24, 2.45) is 5.92 Å². The van der Waals surface area contributed by atoms with Gasteiger partial charge in [-0.15, -0.1) is 10.2 Å². The van der Waals surface area contributed by atoms with Crippen molar-refractivity contribution < 1.29 is 24.2 Å². The second-order valence-corrected chi connectivity index (χ2v) is 4.79. The van der Waals surface area contributed by atoms with Gasteiger partial charge < -0.3 is 19.4 Å². The summed E-state index contributed by atoms with van der Waals surface area (Å²) in [6, 6.07) is 4.76. The van der Waals surface area contributed by atoms with Crippen molar-refractivity contribution in [2.45, 2.75) is 19.8 Å². The monoisotopic (exact) mass is 292 g/mol.